The Hall–Kier alpha value is -1.90. The molecule has 3 aromatic rings. The second kappa shape index (κ2) is 4.05. The molecule has 0 spiro atoms. The van der Waals surface area contributed by atoms with Gasteiger partial charge in [0, 0.05) is 29.7 Å². The van der Waals surface area contributed by atoms with E-state index < -0.39 is 0 Å². The first-order valence-electron chi connectivity index (χ1n) is 6.63. The lowest BCUT2D eigenvalue weighted by molar-refractivity contribution is 0.406. The Balaban J connectivity index is 2.25. The number of hydrogen-bond donors (Lipinski definition) is 0. The number of pyridine rings is 2. The molecule has 3 rings (SSSR count). The van der Waals surface area contributed by atoms with Crippen molar-refractivity contribution < 1.29 is 0 Å². The molecular formula is C16H19N3. The topological polar surface area (TPSA) is 30.7 Å². The van der Waals surface area contributed by atoms with E-state index in [0.29, 0.717) is 0 Å². The van der Waals surface area contributed by atoms with Gasteiger partial charge in [-0.05, 0) is 24.0 Å². The van der Waals surface area contributed by atoms with Gasteiger partial charge in [-0.3, -0.25) is 9.97 Å². The van der Waals surface area contributed by atoms with Crippen molar-refractivity contribution in [1.82, 2.24) is 14.5 Å². The molecule has 0 fully saturated rings. The molecule has 0 aromatic carbocycles. The predicted molar refractivity (Wildman–Crippen MR) is 79.2 cm³/mol. The van der Waals surface area contributed by atoms with Gasteiger partial charge in [-0.2, -0.15) is 0 Å². The van der Waals surface area contributed by atoms with Crippen molar-refractivity contribution in [3.05, 3.63) is 36.4 Å². The minimum absolute atomic E-state index is 0.257. The van der Waals surface area contributed by atoms with Gasteiger partial charge in [0.2, 0.25) is 0 Å². The maximum absolute atomic E-state index is 4.61. The van der Waals surface area contributed by atoms with Crippen molar-refractivity contribution in [2.24, 2.45) is 12.5 Å². The lowest BCUT2D eigenvalue weighted by Crippen LogP contribution is -2.10. The van der Waals surface area contributed by atoms with Crippen LogP contribution in [0, 0.1) is 5.41 Å². The zero-order valence-electron chi connectivity index (χ0n) is 11.9. The molecule has 3 nitrogen and oxygen atoms in total. The molecule has 19 heavy (non-hydrogen) atoms. The van der Waals surface area contributed by atoms with E-state index in [1.807, 2.05) is 18.6 Å². The van der Waals surface area contributed by atoms with Gasteiger partial charge in [0.1, 0.15) is 0 Å². The fraction of sp³-hybridized carbons (Fsp3) is 0.375. The Morgan fingerprint density at radius 1 is 1.11 bits per heavy atom. The van der Waals surface area contributed by atoms with Crippen molar-refractivity contribution in [2.45, 2.75) is 27.2 Å². The Labute approximate surface area is 113 Å². The van der Waals surface area contributed by atoms with Crippen LogP contribution in [0.4, 0.5) is 0 Å². The number of nitrogens with zero attached hydrogens (tertiary/aromatic N) is 3. The molecule has 0 saturated carbocycles. The number of hydrogen-bond acceptors (Lipinski definition) is 2. The van der Waals surface area contributed by atoms with Crippen LogP contribution in [-0.4, -0.2) is 14.5 Å². The van der Waals surface area contributed by atoms with E-state index in [4.69, 9.17) is 0 Å². The molecule has 3 heteroatoms. The maximum atomic E-state index is 4.61. The number of aromatic nitrogens is 3. The van der Waals surface area contributed by atoms with E-state index in [9.17, 15) is 0 Å². The van der Waals surface area contributed by atoms with Crippen LogP contribution in [0.15, 0.2) is 30.7 Å². The monoisotopic (exact) mass is 253 g/mol. The molecule has 0 amide bonds. The van der Waals surface area contributed by atoms with Crippen molar-refractivity contribution in [3.63, 3.8) is 0 Å². The average Bonchev–Trinajstić information content (AvgIpc) is 2.62. The number of aryl methyl sites for hydroxylation is 1. The number of rotatable bonds is 1. The second-order valence-electron chi connectivity index (χ2n) is 6.38. The van der Waals surface area contributed by atoms with Crippen LogP contribution in [0.5, 0.6) is 0 Å². The molecule has 0 radical (unpaired) electrons. The zero-order valence-corrected chi connectivity index (χ0v) is 11.9. The normalized spacial score (nSPS) is 12.4. The Kier molecular flexibility index (Phi) is 2.59. The molecule has 0 atom stereocenters. The van der Waals surface area contributed by atoms with Gasteiger partial charge >= 0.3 is 0 Å². The van der Waals surface area contributed by atoms with Gasteiger partial charge in [-0.25, -0.2) is 0 Å². The van der Waals surface area contributed by atoms with Crippen LogP contribution >= 0.6 is 0 Å². The Morgan fingerprint density at radius 3 is 2.58 bits per heavy atom. The van der Waals surface area contributed by atoms with E-state index in [0.717, 1.165) is 17.6 Å². The van der Waals surface area contributed by atoms with E-state index >= 15 is 0 Å². The Bertz CT molecular complexity index is 748. The molecule has 0 N–H and O–H groups in total. The predicted octanol–water partition coefficient (Wildman–Crippen LogP) is 3.71. The van der Waals surface area contributed by atoms with Gasteiger partial charge in [0.25, 0.3) is 0 Å². The van der Waals surface area contributed by atoms with Crippen LogP contribution in [-0.2, 0) is 13.5 Å². The summed E-state index contributed by atoms with van der Waals surface area (Å²) in [6, 6.07) is 4.31. The maximum Gasteiger partial charge on any atom is 0.0675 e. The van der Waals surface area contributed by atoms with E-state index in [1.54, 1.807) is 0 Å². The van der Waals surface area contributed by atoms with Crippen molar-refractivity contribution in [2.75, 3.05) is 0 Å². The molecule has 0 aliphatic carbocycles. The Morgan fingerprint density at radius 2 is 1.84 bits per heavy atom. The van der Waals surface area contributed by atoms with Crippen LogP contribution in [0.25, 0.3) is 21.8 Å². The highest BCUT2D eigenvalue weighted by atomic mass is 15.0. The smallest absolute Gasteiger partial charge is 0.0675 e. The summed E-state index contributed by atoms with van der Waals surface area (Å²) in [7, 11) is 2.07. The largest absolute Gasteiger partial charge is 0.341 e. The van der Waals surface area contributed by atoms with E-state index in [-0.39, 0.29) is 5.41 Å². The summed E-state index contributed by atoms with van der Waals surface area (Å²) >= 11 is 0. The third-order valence-corrected chi connectivity index (χ3v) is 3.46. The van der Waals surface area contributed by atoms with Crippen LogP contribution in [0.2, 0.25) is 0 Å². The lowest BCUT2D eigenvalue weighted by atomic mass is 9.90. The molecule has 98 valence electrons. The van der Waals surface area contributed by atoms with Gasteiger partial charge in [-0.15, -0.1) is 0 Å². The standard InChI is InChI=1S/C16H19N3/c1-16(2,3)8-11-7-13-12-5-6-17-9-14(12)19(4)15(13)10-18-11/h5-7,9-10H,8H2,1-4H3. The molecule has 0 unspecified atom stereocenters. The van der Waals surface area contributed by atoms with Crippen molar-refractivity contribution in [3.8, 4) is 0 Å². The van der Waals surface area contributed by atoms with Crippen molar-refractivity contribution >= 4 is 21.8 Å². The van der Waals surface area contributed by atoms with Gasteiger partial charge < -0.3 is 4.57 Å². The average molecular weight is 253 g/mol. The minimum atomic E-state index is 0.257. The van der Waals surface area contributed by atoms with Gasteiger partial charge in [-0.1, -0.05) is 20.8 Å². The first kappa shape index (κ1) is 12.2. The second-order valence-corrected chi connectivity index (χ2v) is 6.38. The van der Waals surface area contributed by atoms with Crippen LogP contribution in [0.1, 0.15) is 26.5 Å². The molecule has 3 aromatic heterocycles. The van der Waals surface area contributed by atoms with E-state index in [2.05, 4.69) is 54.5 Å². The summed E-state index contributed by atoms with van der Waals surface area (Å²) < 4.78 is 2.16. The fourth-order valence-corrected chi connectivity index (χ4v) is 2.63. The highest BCUT2D eigenvalue weighted by Crippen LogP contribution is 2.28. The molecule has 3 heterocycles. The molecule has 0 bridgehead atoms. The summed E-state index contributed by atoms with van der Waals surface area (Å²) in [5.41, 5.74) is 3.74. The lowest BCUT2D eigenvalue weighted by Gasteiger charge is -2.17. The fourth-order valence-electron chi connectivity index (χ4n) is 2.63. The van der Waals surface area contributed by atoms with Gasteiger partial charge in [0.15, 0.2) is 0 Å². The summed E-state index contributed by atoms with van der Waals surface area (Å²) in [5, 5.41) is 2.53. The molecule has 0 saturated heterocycles. The van der Waals surface area contributed by atoms with Gasteiger partial charge in [0.05, 0.1) is 23.4 Å². The highest BCUT2D eigenvalue weighted by molar-refractivity contribution is 6.07. The SMILES string of the molecule is Cn1c2cnccc2c2cc(CC(C)(C)C)ncc21. The summed E-state index contributed by atoms with van der Waals surface area (Å²) in [6.45, 7) is 6.73. The van der Waals surface area contributed by atoms with Crippen molar-refractivity contribution in [1.29, 1.82) is 0 Å². The quantitative estimate of drug-likeness (QED) is 0.662. The summed E-state index contributed by atoms with van der Waals surface area (Å²) in [5.74, 6) is 0. The molecular weight excluding hydrogens is 234 g/mol. The highest BCUT2D eigenvalue weighted by Gasteiger charge is 2.14. The van der Waals surface area contributed by atoms with Crippen LogP contribution < -0.4 is 0 Å². The third kappa shape index (κ3) is 2.09. The third-order valence-electron chi connectivity index (χ3n) is 3.46. The molecule has 0 aliphatic rings. The number of fused-ring (bicyclic) bond motifs is 3. The van der Waals surface area contributed by atoms with Crippen LogP contribution in [0.3, 0.4) is 0 Å². The first-order chi connectivity index (χ1) is 8.96. The zero-order chi connectivity index (χ0) is 13.6. The van der Waals surface area contributed by atoms with E-state index in [1.165, 1.54) is 16.3 Å². The summed E-state index contributed by atoms with van der Waals surface area (Å²) in [4.78, 5) is 8.82. The summed E-state index contributed by atoms with van der Waals surface area (Å²) in [6.07, 6.45) is 6.74. The molecule has 0 aliphatic heterocycles. The first-order valence-corrected chi connectivity index (χ1v) is 6.63. The minimum Gasteiger partial charge on any atom is -0.341 e.